The number of hydrogen-bond donors (Lipinski definition) is 3. The van der Waals surface area contributed by atoms with E-state index in [4.69, 9.17) is 11.4 Å². The van der Waals surface area contributed by atoms with Gasteiger partial charge in [-0.25, -0.2) is 0 Å². The van der Waals surface area contributed by atoms with Crippen LogP contribution in [-0.4, -0.2) is 47.8 Å². The second-order valence-corrected chi connectivity index (χ2v) is 15.4. The minimum atomic E-state index is -3.40. The van der Waals surface area contributed by atoms with Crippen LogP contribution in [0.1, 0.15) is 36.6 Å². The largest absolute Gasteiger partial charge is 1.20 e. The maximum Gasteiger partial charge on any atom is 1.20 e. The van der Waals surface area contributed by atoms with Crippen molar-refractivity contribution >= 4 is 82.6 Å². The normalized spacial score (nSPS) is 10.9. The highest BCUT2D eigenvalue weighted by molar-refractivity contribution is 6.40. The number of aryl methyl sites for hydroxylation is 1. The standard InChI is InChI=1S/C17H14N2O2.2C16H12N2O2.Al/c1-11-4-6-12(7-5-11)17(21)19-14-8-9-15(20)16-13(14)3-2-10-18-16;2*19-14-9-8-13(12-7-4-10-17-15(12)14)18-16(20)11-5-2-1-3-6-11;/h2-10,20H,1H3,(H,19,21);2*1-10,19H,(H,18,20);/q;;;+3/p-3. The smallest absolute Gasteiger partial charge is 0.576 e. The predicted molar refractivity (Wildman–Crippen MR) is 241 cm³/mol. The topological polar surface area (TPSA) is 154 Å². The Labute approximate surface area is 360 Å². The van der Waals surface area contributed by atoms with E-state index in [0.29, 0.717) is 83.7 Å². The zero-order valence-corrected chi connectivity index (χ0v) is 34.3. The SMILES string of the molecule is Cc1ccc(C(=O)Nc2ccc([O][Al]([O]c3ccc(NC(=O)c4ccccc4)c4cccnc34)[O]c3ccc(NC(=O)c4ccccc4)c4cccnc34)c3ncccc23)cc1. The molecule has 0 aliphatic heterocycles. The Balaban J connectivity index is 1.08. The molecule has 0 aliphatic rings. The summed E-state index contributed by atoms with van der Waals surface area (Å²) in [6.45, 7) is 1.96. The molecule has 0 atom stereocenters. The first-order valence-electron chi connectivity index (χ1n) is 19.6. The fourth-order valence-corrected chi connectivity index (χ4v) is 8.24. The summed E-state index contributed by atoms with van der Waals surface area (Å²) in [7, 11) is 0. The van der Waals surface area contributed by atoms with Crippen LogP contribution in [0.15, 0.2) is 176 Å². The summed E-state index contributed by atoms with van der Waals surface area (Å²) in [5.74, 6) is 0.219. The number of carbonyl (C=O) groups excluding carboxylic acids is 3. The third-order valence-electron chi connectivity index (χ3n) is 10.00. The van der Waals surface area contributed by atoms with E-state index in [1.807, 2.05) is 49.4 Å². The number of amides is 3. The maximum atomic E-state index is 13.3. The van der Waals surface area contributed by atoms with Crippen LogP contribution in [0.25, 0.3) is 32.7 Å². The van der Waals surface area contributed by atoms with Crippen molar-refractivity contribution in [2.75, 3.05) is 16.0 Å². The summed E-state index contributed by atoms with van der Waals surface area (Å²) in [6.07, 6.45) is 4.91. The monoisotopic (exact) mass is 830 g/mol. The van der Waals surface area contributed by atoms with E-state index >= 15 is 0 Å². The fraction of sp³-hybridized carbons (Fsp3) is 0.0204. The first-order chi connectivity index (χ1) is 30.4. The number of carbonyl (C=O) groups is 3. The number of nitrogens with zero attached hydrogens (tertiary/aromatic N) is 3. The molecule has 13 heteroatoms. The molecule has 9 aromatic rings. The van der Waals surface area contributed by atoms with Gasteiger partial charge in [-0.2, -0.15) is 0 Å². The second-order valence-electron chi connectivity index (χ2n) is 14.1. The summed E-state index contributed by atoms with van der Waals surface area (Å²) < 4.78 is 20.2. The van der Waals surface area contributed by atoms with Gasteiger partial charge in [-0.3, -0.25) is 29.3 Å². The molecular formula is C49H35AlN6O6. The van der Waals surface area contributed by atoms with Crippen LogP contribution in [0.5, 0.6) is 17.2 Å². The van der Waals surface area contributed by atoms with Crippen LogP contribution in [0.2, 0.25) is 0 Å². The molecule has 62 heavy (non-hydrogen) atoms. The minimum Gasteiger partial charge on any atom is -0.576 e. The average Bonchev–Trinajstić information content (AvgIpc) is 3.32. The number of hydrogen-bond acceptors (Lipinski definition) is 9. The molecule has 3 aromatic heterocycles. The summed E-state index contributed by atoms with van der Waals surface area (Å²) in [6, 6.07) is 46.4. The molecule has 300 valence electrons. The number of rotatable bonds is 12. The van der Waals surface area contributed by atoms with Crippen molar-refractivity contribution in [1.29, 1.82) is 0 Å². The highest BCUT2D eigenvalue weighted by Crippen LogP contribution is 2.36. The Morgan fingerprint density at radius 2 is 0.742 bits per heavy atom. The Morgan fingerprint density at radius 3 is 1.10 bits per heavy atom. The molecule has 0 unspecified atom stereocenters. The van der Waals surface area contributed by atoms with E-state index in [1.165, 1.54) is 0 Å². The van der Waals surface area contributed by atoms with Crippen LogP contribution in [0.3, 0.4) is 0 Å². The molecule has 0 radical (unpaired) electrons. The Morgan fingerprint density at radius 1 is 0.403 bits per heavy atom. The molecule has 12 nitrogen and oxygen atoms in total. The summed E-state index contributed by atoms with van der Waals surface area (Å²) in [5.41, 5.74) is 5.57. The predicted octanol–water partition coefficient (Wildman–Crippen LogP) is 9.92. The second kappa shape index (κ2) is 17.6. The average molecular weight is 831 g/mol. The zero-order chi connectivity index (χ0) is 42.4. The molecule has 3 heterocycles. The van der Waals surface area contributed by atoms with Crippen LogP contribution in [0.4, 0.5) is 17.1 Å². The Hall–Kier alpha value is -8.11. The Kier molecular flexibility index (Phi) is 11.2. The zero-order valence-electron chi connectivity index (χ0n) is 33.1. The summed E-state index contributed by atoms with van der Waals surface area (Å²) >= 11 is -3.40. The van der Waals surface area contributed by atoms with Crippen LogP contribution >= 0.6 is 0 Å². The highest BCUT2D eigenvalue weighted by atomic mass is 27.3. The molecule has 3 amide bonds. The van der Waals surface area contributed by atoms with Gasteiger partial charge in [0.25, 0.3) is 17.7 Å². The van der Waals surface area contributed by atoms with Crippen LogP contribution < -0.4 is 27.3 Å². The van der Waals surface area contributed by atoms with Gasteiger partial charge in [-0.05, 0) is 116 Å². The lowest BCUT2D eigenvalue weighted by Crippen LogP contribution is -2.37. The molecule has 3 N–H and O–H groups in total. The maximum absolute atomic E-state index is 13.3. The molecule has 0 saturated carbocycles. The number of benzene rings is 6. The van der Waals surface area contributed by atoms with E-state index in [-0.39, 0.29) is 17.7 Å². The molecule has 0 saturated heterocycles. The Bertz CT molecular complexity index is 2980. The third kappa shape index (κ3) is 8.48. The first kappa shape index (κ1) is 39.4. The van der Waals surface area contributed by atoms with Crippen molar-refractivity contribution in [1.82, 2.24) is 15.0 Å². The quantitative estimate of drug-likeness (QED) is 0.102. The molecule has 0 fully saturated rings. The van der Waals surface area contributed by atoms with Crippen LogP contribution in [0, 0.1) is 6.92 Å². The van der Waals surface area contributed by atoms with Crippen molar-refractivity contribution < 1.29 is 25.7 Å². The number of fused-ring (bicyclic) bond motifs is 3. The van der Waals surface area contributed by atoms with Crippen molar-refractivity contribution in [2.45, 2.75) is 6.92 Å². The van der Waals surface area contributed by atoms with Gasteiger partial charge in [0.05, 0.1) is 17.1 Å². The molecule has 0 spiro atoms. The number of aromatic nitrogens is 3. The first-order valence-corrected chi connectivity index (χ1v) is 21.0. The summed E-state index contributed by atoms with van der Waals surface area (Å²) in [5, 5.41) is 10.9. The van der Waals surface area contributed by atoms with E-state index in [0.717, 1.165) is 5.56 Å². The third-order valence-corrected chi connectivity index (χ3v) is 11.3. The number of pyridine rings is 3. The summed E-state index contributed by atoms with van der Waals surface area (Å²) in [4.78, 5) is 53.7. The lowest BCUT2D eigenvalue weighted by molar-refractivity contribution is 0.101. The van der Waals surface area contributed by atoms with E-state index in [2.05, 4.69) is 30.9 Å². The molecule has 0 aliphatic carbocycles. The van der Waals surface area contributed by atoms with Gasteiger partial charge in [-0.15, -0.1) is 0 Å². The fourth-order valence-electron chi connectivity index (χ4n) is 6.90. The van der Waals surface area contributed by atoms with Gasteiger partial charge in [0.2, 0.25) is 0 Å². The van der Waals surface area contributed by atoms with Gasteiger partial charge in [0, 0.05) is 51.4 Å². The highest BCUT2D eigenvalue weighted by Gasteiger charge is 2.46. The van der Waals surface area contributed by atoms with Crippen molar-refractivity contribution in [2.24, 2.45) is 0 Å². The van der Waals surface area contributed by atoms with E-state index in [9.17, 15) is 14.4 Å². The molecular weight excluding hydrogens is 796 g/mol. The van der Waals surface area contributed by atoms with Crippen LogP contribution in [-0.2, 0) is 0 Å². The molecule has 0 bridgehead atoms. The van der Waals surface area contributed by atoms with Crippen molar-refractivity contribution in [3.8, 4) is 17.2 Å². The molecule has 9 rings (SSSR count). The van der Waals surface area contributed by atoms with E-state index < -0.39 is 15.1 Å². The lowest BCUT2D eigenvalue weighted by atomic mass is 10.1. The van der Waals surface area contributed by atoms with Crippen molar-refractivity contribution in [3.05, 3.63) is 199 Å². The van der Waals surface area contributed by atoms with Gasteiger partial charge < -0.3 is 27.3 Å². The van der Waals surface area contributed by atoms with Gasteiger partial charge >= 0.3 is 15.1 Å². The van der Waals surface area contributed by atoms with Gasteiger partial charge in [0.1, 0.15) is 33.8 Å². The molecule has 6 aromatic carbocycles. The minimum absolute atomic E-state index is 0.270. The van der Waals surface area contributed by atoms with Gasteiger partial charge in [-0.1, -0.05) is 54.1 Å². The van der Waals surface area contributed by atoms with Gasteiger partial charge in [0.15, 0.2) is 0 Å². The number of nitrogens with one attached hydrogen (secondary N) is 3. The number of anilines is 3. The lowest BCUT2D eigenvalue weighted by Gasteiger charge is -2.20. The van der Waals surface area contributed by atoms with E-state index in [1.54, 1.807) is 134 Å². The van der Waals surface area contributed by atoms with Crippen molar-refractivity contribution in [3.63, 3.8) is 0 Å².